The molecule has 3 aliphatic carbocycles. The summed E-state index contributed by atoms with van der Waals surface area (Å²) in [5.41, 5.74) is 0. The van der Waals surface area contributed by atoms with Crippen LogP contribution in [0.25, 0.3) is 0 Å². The molecular formula is C32H44F2O3. The molecule has 0 amide bonds. The Labute approximate surface area is 221 Å². The number of rotatable bonds is 9. The quantitative estimate of drug-likeness (QED) is 0.188. The lowest BCUT2D eigenvalue weighted by atomic mass is 9.60. The second-order valence-electron chi connectivity index (χ2n) is 11.5. The summed E-state index contributed by atoms with van der Waals surface area (Å²) in [5.74, 6) is 1.38. The molecule has 0 N–H and O–H groups in total. The third-order valence-corrected chi connectivity index (χ3v) is 9.26. The molecule has 1 aromatic carbocycles. The molecule has 4 rings (SSSR count). The van der Waals surface area contributed by atoms with Gasteiger partial charge in [-0.3, -0.25) is 4.79 Å². The normalized spacial score (nSPS) is 30.4. The van der Waals surface area contributed by atoms with E-state index in [1.165, 1.54) is 51.4 Å². The number of carbonyl (C=O) groups excluding carboxylic acids is 1. The van der Waals surface area contributed by atoms with Gasteiger partial charge in [0.25, 0.3) is 0 Å². The number of esters is 1. The summed E-state index contributed by atoms with van der Waals surface area (Å²) in [6.07, 6.45) is 22.5. The van der Waals surface area contributed by atoms with Gasteiger partial charge in [0.15, 0.2) is 17.4 Å². The summed E-state index contributed by atoms with van der Waals surface area (Å²) in [7, 11) is 0. The Balaban J connectivity index is 1.22. The molecule has 0 bridgehead atoms. The van der Waals surface area contributed by atoms with Crippen LogP contribution in [0.1, 0.15) is 90.9 Å². The first kappa shape index (κ1) is 27.9. The molecule has 0 aromatic heterocycles. The van der Waals surface area contributed by atoms with E-state index in [4.69, 9.17) is 9.47 Å². The minimum absolute atomic E-state index is 0.0759. The van der Waals surface area contributed by atoms with Gasteiger partial charge in [0, 0.05) is 12.1 Å². The Morgan fingerprint density at radius 2 is 1.43 bits per heavy atom. The van der Waals surface area contributed by atoms with Gasteiger partial charge >= 0.3 is 5.97 Å². The van der Waals surface area contributed by atoms with Crippen molar-refractivity contribution in [2.24, 2.45) is 35.5 Å². The predicted octanol–water partition coefficient (Wildman–Crippen LogP) is 8.82. The number of hydrogen-bond donors (Lipinski definition) is 0. The first-order chi connectivity index (χ1) is 18.0. The lowest BCUT2D eigenvalue weighted by molar-refractivity contribution is -0.140. The maximum absolute atomic E-state index is 14.3. The third-order valence-electron chi connectivity index (χ3n) is 9.26. The summed E-state index contributed by atoms with van der Waals surface area (Å²) in [6, 6.07) is 2.07. The second kappa shape index (κ2) is 13.6. The molecular weight excluding hydrogens is 470 g/mol. The van der Waals surface area contributed by atoms with Crippen LogP contribution in [0, 0.1) is 47.1 Å². The molecule has 3 fully saturated rings. The average Bonchev–Trinajstić information content (AvgIpc) is 2.90. The molecule has 5 heteroatoms. The molecule has 4 atom stereocenters. The van der Waals surface area contributed by atoms with Gasteiger partial charge in [0.2, 0.25) is 0 Å². The Morgan fingerprint density at radius 1 is 0.838 bits per heavy atom. The highest BCUT2D eigenvalue weighted by Gasteiger charge is 2.39. The molecule has 37 heavy (non-hydrogen) atoms. The molecule has 3 nitrogen and oxygen atoms in total. The molecule has 1 aromatic rings. The molecule has 204 valence electrons. The van der Waals surface area contributed by atoms with Crippen molar-refractivity contribution in [2.45, 2.75) is 90.9 Å². The Bertz CT molecular complexity index is 924. The number of carbonyl (C=O) groups is 1. The van der Waals surface area contributed by atoms with E-state index in [9.17, 15) is 13.6 Å². The van der Waals surface area contributed by atoms with E-state index < -0.39 is 17.4 Å². The summed E-state index contributed by atoms with van der Waals surface area (Å²) in [5, 5.41) is 0. The maximum Gasteiger partial charge on any atom is 0.314 e. The first-order valence-corrected chi connectivity index (χ1v) is 14.5. The number of allylic oxidation sites excluding steroid dienone is 3. The number of benzene rings is 1. The Morgan fingerprint density at radius 3 is 2.11 bits per heavy atom. The van der Waals surface area contributed by atoms with Crippen LogP contribution >= 0.6 is 0 Å². The largest absolute Gasteiger partial charge is 0.483 e. The molecule has 0 spiro atoms. The average molecular weight is 515 g/mol. The fourth-order valence-electron chi connectivity index (χ4n) is 7.20. The highest BCUT2D eigenvalue weighted by Crippen LogP contribution is 2.49. The number of hydrogen-bond acceptors (Lipinski definition) is 3. The summed E-state index contributed by atoms with van der Waals surface area (Å²) < 4.78 is 39.2. The van der Waals surface area contributed by atoms with Crippen LogP contribution in [0.5, 0.6) is 11.5 Å². The third kappa shape index (κ3) is 7.45. The highest BCUT2D eigenvalue weighted by molar-refractivity contribution is 5.75. The SMILES string of the molecule is C/C=C/CCC1CC[C@@H]2CC(C3CCC(C(=O)Oc4cc(F)c(OC/C=C/C)c(F)c4)CC3)CC[C@H]2C1. The standard InChI is InChI=1S/C32H44F2O3/c1-3-5-7-8-22-9-10-27-19-26(16-15-25(27)18-22)23-11-13-24(14-12-23)32(35)37-28-20-29(33)31(30(34)21-28)36-17-6-4-2/h3-6,20-27H,7-19H2,1-2H3/b5-3+,6-4+/t22?,23?,24?,25-,26?,27+/m0/s1. The maximum atomic E-state index is 14.3. The van der Waals surface area contributed by atoms with E-state index in [1.807, 2.05) is 0 Å². The Kier molecular flexibility index (Phi) is 10.2. The van der Waals surface area contributed by atoms with Crippen molar-refractivity contribution in [3.63, 3.8) is 0 Å². The van der Waals surface area contributed by atoms with Crippen molar-refractivity contribution in [1.82, 2.24) is 0 Å². The van der Waals surface area contributed by atoms with E-state index >= 15 is 0 Å². The van der Waals surface area contributed by atoms with E-state index in [2.05, 4.69) is 19.1 Å². The molecule has 0 aliphatic heterocycles. The topological polar surface area (TPSA) is 35.5 Å². The van der Waals surface area contributed by atoms with E-state index in [1.54, 1.807) is 19.1 Å². The van der Waals surface area contributed by atoms with Crippen molar-refractivity contribution in [3.05, 3.63) is 48.1 Å². The van der Waals surface area contributed by atoms with Crippen LogP contribution in [-0.4, -0.2) is 12.6 Å². The monoisotopic (exact) mass is 514 g/mol. The fourth-order valence-corrected chi connectivity index (χ4v) is 7.20. The molecule has 0 heterocycles. The summed E-state index contributed by atoms with van der Waals surface area (Å²) in [4.78, 5) is 12.8. The van der Waals surface area contributed by atoms with Gasteiger partial charge in [-0.25, -0.2) is 8.78 Å². The van der Waals surface area contributed by atoms with Crippen LogP contribution in [0.15, 0.2) is 36.4 Å². The van der Waals surface area contributed by atoms with Gasteiger partial charge in [-0.2, -0.15) is 0 Å². The van der Waals surface area contributed by atoms with Gasteiger partial charge in [-0.15, -0.1) is 0 Å². The van der Waals surface area contributed by atoms with Crippen LogP contribution in [-0.2, 0) is 4.79 Å². The van der Waals surface area contributed by atoms with E-state index in [-0.39, 0.29) is 24.2 Å². The minimum Gasteiger partial charge on any atom is -0.483 e. The molecule has 3 aliphatic rings. The van der Waals surface area contributed by atoms with E-state index in [0.717, 1.165) is 61.5 Å². The van der Waals surface area contributed by atoms with Gasteiger partial charge in [-0.05, 0) is 114 Å². The predicted molar refractivity (Wildman–Crippen MR) is 143 cm³/mol. The fraction of sp³-hybridized carbons (Fsp3) is 0.656. The van der Waals surface area contributed by atoms with Crippen molar-refractivity contribution in [3.8, 4) is 11.5 Å². The van der Waals surface area contributed by atoms with Gasteiger partial charge < -0.3 is 9.47 Å². The smallest absolute Gasteiger partial charge is 0.314 e. The first-order valence-electron chi connectivity index (χ1n) is 14.5. The zero-order valence-electron chi connectivity index (χ0n) is 22.6. The number of ether oxygens (including phenoxy) is 2. The van der Waals surface area contributed by atoms with Gasteiger partial charge in [-0.1, -0.05) is 30.7 Å². The number of fused-ring (bicyclic) bond motifs is 1. The molecule has 0 saturated heterocycles. The van der Waals surface area contributed by atoms with Crippen molar-refractivity contribution < 1.29 is 23.0 Å². The lowest BCUT2D eigenvalue weighted by Gasteiger charge is -2.45. The number of halogens is 2. The zero-order valence-corrected chi connectivity index (χ0v) is 22.6. The van der Waals surface area contributed by atoms with Crippen molar-refractivity contribution >= 4 is 5.97 Å². The summed E-state index contributed by atoms with van der Waals surface area (Å²) >= 11 is 0. The second-order valence-corrected chi connectivity index (χ2v) is 11.5. The van der Waals surface area contributed by atoms with Crippen LogP contribution < -0.4 is 9.47 Å². The van der Waals surface area contributed by atoms with Gasteiger partial charge in [0.05, 0.1) is 5.92 Å². The Hall–Kier alpha value is -2.17. The van der Waals surface area contributed by atoms with Crippen molar-refractivity contribution in [2.75, 3.05) is 6.61 Å². The molecule has 0 radical (unpaired) electrons. The summed E-state index contributed by atoms with van der Waals surface area (Å²) in [6.45, 7) is 3.99. The van der Waals surface area contributed by atoms with Crippen molar-refractivity contribution in [1.29, 1.82) is 0 Å². The van der Waals surface area contributed by atoms with Crippen LogP contribution in [0.3, 0.4) is 0 Å². The lowest BCUT2D eigenvalue weighted by Crippen LogP contribution is -2.35. The highest BCUT2D eigenvalue weighted by atomic mass is 19.1. The van der Waals surface area contributed by atoms with Crippen LogP contribution in [0.2, 0.25) is 0 Å². The van der Waals surface area contributed by atoms with E-state index in [0.29, 0.717) is 5.92 Å². The van der Waals surface area contributed by atoms with Crippen LogP contribution in [0.4, 0.5) is 8.78 Å². The molecule has 2 unspecified atom stereocenters. The molecule has 3 saturated carbocycles. The zero-order chi connectivity index (χ0) is 26.2. The minimum atomic E-state index is -0.863. The van der Waals surface area contributed by atoms with Gasteiger partial charge in [0.1, 0.15) is 12.4 Å².